The first-order valence-electron chi connectivity index (χ1n) is 9.42. The number of benzene rings is 2. The second-order valence-corrected chi connectivity index (χ2v) is 8.07. The molecule has 2 amide bonds. The number of hydrogen-bond donors (Lipinski definition) is 1. The molecule has 2 aromatic carbocycles. The molecular weight excluding hydrogens is 397 g/mol. The van der Waals surface area contributed by atoms with Gasteiger partial charge in [-0.25, -0.2) is 0 Å². The van der Waals surface area contributed by atoms with E-state index in [0.29, 0.717) is 22.3 Å². The molecule has 4 rings (SSSR count). The van der Waals surface area contributed by atoms with Crippen molar-refractivity contribution < 1.29 is 9.59 Å². The number of rotatable bonds is 4. The third kappa shape index (κ3) is 3.96. The lowest BCUT2D eigenvalue weighted by atomic mass is 10.1. The van der Waals surface area contributed by atoms with Gasteiger partial charge in [-0.2, -0.15) is 0 Å². The number of carbonyl (C=O) groups is 2. The van der Waals surface area contributed by atoms with Crippen LogP contribution >= 0.6 is 23.2 Å². The largest absolute Gasteiger partial charge is 0.372 e. The first kappa shape index (κ1) is 19.1. The van der Waals surface area contributed by atoms with Gasteiger partial charge >= 0.3 is 0 Å². The number of carbonyl (C=O) groups excluding carboxylic acids is 2. The summed E-state index contributed by atoms with van der Waals surface area (Å²) in [6, 6.07) is 12.9. The van der Waals surface area contributed by atoms with Gasteiger partial charge in [-0.15, -0.1) is 0 Å². The second-order valence-electron chi connectivity index (χ2n) is 7.23. The van der Waals surface area contributed by atoms with Crippen LogP contribution in [0.25, 0.3) is 0 Å². The predicted molar refractivity (Wildman–Crippen MR) is 113 cm³/mol. The lowest BCUT2D eigenvalue weighted by molar-refractivity contribution is -0.122. The lowest BCUT2D eigenvalue weighted by Crippen LogP contribution is -2.28. The van der Waals surface area contributed by atoms with Crippen molar-refractivity contribution in [2.45, 2.75) is 19.3 Å². The molecule has 7 heteroatoms. The molecule has 2 aliphatic rings. The predicted octanol–water partition coefficient (Wildman–Crippen LogP) is 4.59. The molecule has 2 fully saturated rings. The zero-order chi connectivity index (χ0) is 19.7. The molecule has 0 aliphatic carbocycles. The van der Waals surface area contributed by atoms with Crippen molar-refractivity contribution in [3.05, 3.63) is 52.5 Å². The average molecular weight is 418 g/mol. The Balaban J connectivity index is 1.43. The standard InChI is InChI=1S/C21H21Cl2N3O2/c22-15-3-8-18(23)19(12-15)24-21(28)14-11-20(27)26(13-14)17-6-4-16(5-7-17)25-9-1-2-10-25/h3-8,12,14H,1-2,9-11,13H2,(H,24,28). The quantitative estimate of drug-likeness (QED) is 0.791. The van der Waals surface area contributed by atoms with Crippen molar-refractivity contribution in [2.24, 2.45) is 5.92 Å². The first-order valence-corrected chi connectivity index (χ1v) is 10.2. The Hall–Kier alpha value is -2.24. The highest BCUT2D eigenvalue weighted by Crippen LogP contribution is 2.30. The Morgan fingerprint density at radius 3 is 2.39 bits per heavy atom. The number of halogens is 2. The number of anilines is 3. The zero-order valence-electron chi connectivity index (χ0n) is 15.3. The van der Waals surface area contributed by atoms with Crippen molar-refractivity contribution in [3.63, 3.8) is 0 Å². The van der Waals surface area contributed by atoms with Crippen molar-refractivity contribution in [1.82, 2.24) is 0 Å². The van der Waals surface area contributed by atoms with Gasteiger partial charge in [-0.3, -0.25) is 9.59 Å². The van der Waals surface area contributed by atoms with Gasteiger partial charge in [0.1, 0.15) is 0 Å². The van der Waals surface area contributed by atoms with Crippen molar-refractivity contribution in [3.8, 4) is 0 Å². The first-order chi connectivity index (χ1) is 13.5. The van der Waals surface area contributed by atoms with Gasteiger partial charge in [0.25, 0.3) is 0 Å². The minimum Gasteiger partial charge on any atom is -0.372 e. The van der Waals surface area contributed by atoms with E-state index in [1.165, 1.54) is 18.5 Å². The summed E-state index contributed by atoms with van der Waals surface area (Å²) in [5, 5.41) is 3.69. The van der Waals surface area contributed by atoms with E-state index in [2.05, 4.69) is 10.2 Å². The number of nitrogens with zero attached hydrogens (tertiary/aromatic N) is 2. The van der Waals surface area contributed by atoms with E-state index in [0.717, 1.165) is 18.8 Å². The molecule has 0 bridgehead atoms. The Morgan fingerprint density at radius 2 is 1.68 bits per heavy atom. The van der Waals surface area contributed by atoms with Crippen LogP contribution in [0.5, 0.6) is 0 Å². The molecule has 2 saturated heterocycles. The molecular formula is C21H21Cl2N3O2. The summed E-state index contributed by atoms with van der Waals surface area (Å²) in [7, 11) is 0. The van der Waals surface area contributed by atoms with Crippen LogP contribution < -0.4 is 15.1 Å². The monoisotopic (exact) mass is 417 g/mol. The van der Waals surface area contributed by atoms with Crippen LogP contribution in [-0.2, 0) is 9.59 Å². The van der Waals surface area contributed by atoms with Crippen LogP contribution in [0.3, 0.4) is 0 Å². The van der Waals surface area contributed by atoms with Gasteiger partial charge in [0.2, 0.25) is 11.8 Å². The normalized spacial score (nSPS) is 19.4. The topological polar surface area (TPSA) is 52.7 Å². The highest BCUT2D eigenvalue weighted by atomic mass is 35.5. The Kier molecular flexibility index (Phi) is 5.47. The number of hydrogen-bond acceptors (Lipinski definition) is 3. The molecule has 2 heterocycles. The molecule has 2 aromatic rings. The van der Waals surface area contributed by atoms with Gasteiger partial charge in [0.15, 0.2) is 0 Å². The minimum absolute atomic E-state index is 0.0498. The fraction of sp³-hybridized carbons (Fsp3) is 0.333. The molecule has 28 heavy (non-hydrogen) atoms. The van der Waals surface area contributed by atoms with E-state index < -0.39 is 5.92 Å². The van der Waals surface area contributed by atoms with Gasteiger partial charge in [-0.05, 0) is 55.3 Å². The molecule has 0 spiro atoms. The van der Waals surface area contributed by atoms with Crippen LogP contribution in [-0.4, -0.2) is 31.4 Å². The van der Waals surface area contributed by atoms with Gasteiger partial charge in [0, 0.05) is 42.5 Å². The Bertz CT molecular complexity index is 895. The van der Waals surface area contributed by atoms with E-state index in [1.807, 2.05) is 24.3 Å². The average Bonchev–Trinajstić information content (AvgIpc) is 3.35. The van der Waals surface area contributed by atoms with Crippen LogP contribution in [0.2, 0.25) is 10.0 Å². The molecule has 2 aliphatic heterocycles. The van der Waals surface area contributed by atoms with Gasteiger partial charge in [-0.1, -0.05) is 23.2 Å². The highest BCUT2D eigenvalue weighted by Gasteiger charge is 2.35. The molecule has 0 aromatic heterocycles. The van der Waals surface area contributed by atoms with Crippen molar-refractivity contribution in [2.75, 3.05) is 34.8 Å². The summed E-state index contributed by atoms with van der Waals surface area (Å²) in [5.74, 6) is -0.708. The molecule has 0 radical (unpaired) electrons. The Morgan fingerprint density at radius 1 is 1.00 bits per heavy atom. The molecule has 1 atom stereocenters. The second kappa shape index (κ2) is 8.02. The van der Waals surface area contributed by atoms with Gasteiger partial charge < -0.3 is 15.1 Å². The summed E-state index contributed by atoms with van der Waals surface area (Å²) >= 11 is 12.1. The highest BCUT2D eigenvalue weighted by molar-refractivity contribution is 6.35. The van der Waals surface area contributed by atoms with Crippen molar-refractivity contribution in [1.29, 1.82) is 0 Å². The van der Waals surface area contributed by atoms with E-state index in [-0.39, 0.29) is 18.2 Å². The van der Waals surface area contributed by atoms with Crippen LogP contribution in [0, 0.1) is 5.92 Å². The lowest BCUT2D eigenvalue weighted by Gasteiger charge is -2.20. The molecule has 1 N–H and O–H groups in total. The zero-order valence-corrected chi connectivity index (χ0v) is 16.8. The maximum Gasteiger partial charge on any atom is 0.229 e. The van der Waals surface area contributed by atoms with Crippen LogP contribution in [0.1, 0.15) is 19.3 Å². The van der Waals surface area contributed by atoms with E-state index >= 15 is 0 Å². The van der Waals surface area contributed by atoms with E-state index in [4.69, 9.17) is 23.2 Å². The number of nitrogens with one attached hydrogen (secondary N) is 1. The summed E-state index contributed by atoms with van der Waals surface area (Å²) in [6.45, 7) is 2.51. The van der Waals surface area contributed by atoms with Crippen LogP contribution in [0.4, 0.5) is 17.1 Å². The Labute approximate surface area is 174 Å². The molecule has 1 unspecified atom stereocenters. The summed E-state index contributed by atoms with van der Waals surface area (Å²) in [6.07, 6.45) is 2.62. The minimum atomic E-state index is -0.430. The van der Waals surface area contributed by atoms with E-state index in [9.17, 15) is 9.59 Å². The molecule has 5 nitrogen and oxygen atoms in total. The summed E-state index contributed by atoms with van der Waals surface area (Å²) < 4.78 is 0. The maximum atomic E-state index is 12.6. The fourth-order valence-electron chi connectivity index (χ4n) is 3.78. The van der Waals surface area contributed by atoms with Crippen LogP contribution in [0.15, 0.2) is 42.5 Å². The third-order valence-electron chi connectivity index (χ3n) is 5.31. The SMILES string of the molecule is O=C(Nc1cc(Cl)ccc1Cl)C1CC(=O)N(c2ccc(N3CCCC3)cc2)C1. The van der Waals surface area contributed by atoms with Gasteiger partial charge in [0.05, 0.1) is 16.6 Å². The number of amides is 2. The maximum absolute atomic E-state index is 12.6. The third-order valence-corrected chi connectivity index (χ3v) is 5.88. The smallest absolute Gasteiger partial charge is 0.229 e. The summed E-state index contributed by atoms with van der Waals surface area (Å²) in [4.78, 5) is 29.1. The fourth-order valence-corrected chi connectivity index (χ4v) is 4.12. The summed E-state index contributed by atoms with van der Waals surface area (Å²) in [5.41, 5.74) is 2.46. The van der Waals surface area contributed by atoms with E-state index in [1.54, 1.807) is 23.1 Å². The molecule has 146 valence electrons. The van der Waals surface area contributed by atoms with Crippen molar-refractivity contribution >= 4 is 52.1 Å². The molecule has 0 saturated carbocycles.